The molecule has 2 aromatic heterocycles. The topological polar surface area (TPSA) is 94.0 Å². The van der Waals surface area contributed by atoms with Crippen molar-refractivity contribution in [1.29, 1.82) is 0 Å². The second-order valence-corrected chi connectivity index (χ2v) is 11.3. The highest BCUT2D eigenvalue weighted by molar-refractivity contribution is 5.85. The minimum atomic E-state index is -0.153. The first-order chi connectivity index (χ1) is 19.1. The molecule has 3 aliphatic heterocycles. The Hall–Kier alpha value is -3.37. The monoisotopic (exact) mass is 532 g/mol. The smallest absolute Gasteiger partial charge is 0.241 e. The summed E-state index contributed by atoms with van der Waals surface area (Å²) in [5.41, 5.74) is 4.66. The SMILES string of the molecule is COc1cc(-c2cc3ncn(C4CC4)c3c(O[C@H](C)C3CNC(=O)C3)n2)ccc1N1CCN(C2COC2)CC1. The number of hydrogen-bond acceptors (Lipinski definition) is 8. The molecule has 2 atom stereocenters. The van der Waals surface area contributed by atoms with E-state index in [0.29, 0.717) is 30.9 Å². The number of nitrogens with one attached hydrogen (secondary N) is 1. The molecule has 1 amide bonds. The molecule has 1 N–H and O–H groups in total. The molecular weight excluding hydrogens is 496 g/mol. The van der Waals surface area contributed by atoms with E-state index in [1.165, 1.54) is 0 Å². The zero-order chi connectivity index (χ0) is 26.5. The van der Waals surface area contributed by atoms with Gasteiger partial charge in [-0.05, 0) is 38.0 Å². The Morgan fingerprint density at radius 3 is 2.59 bits per heavy atom. The van der Waals surface area contributed by atoms with Crippen molar-refractivity contribution < 1.29 is 19.0 Å². The summed E-state index contributed by atoms with van der Waals surface area (Å²) >= 11 is 0. The molecule has 1 saturated carbocycles. The van der Waals surface area contributed by atoms with Crippen molar-refractivity contribution >= 4 is 22.6 Å². The highest BCUT2D eigenvalue weighted by atomic mass is 16.5. The highest BCUT2D eigenvalue weighted by Gasteiger charge is 2.32. The normalized spacial score (nSPS) is 23.1. The lowest BCUT2D eigenvalue weighted by molar-refractivity contribution is -0.119. The summed E-state index contributed by atoms with van der Waals surface area (Å²) in [6.45, 7) is 8.35. The lowest BCUT2D eigenvalue weighted by Crippen LogP contribution is -2.56. The van der Waals surface area contributed by atoms with Crippen LogP contribution >= 0.6 is 0 Å². The number of aromatic nitrogens is 3. The van der Waals surface area contributed by atoms with Gasteiger partial charge in [-0.15, -0.1) is 0 Å². The van der Waals surface area contributed by atoms with Gasteiger partial charge in [0.25, 0.3) is 0 Å². The van der Waals surface area contributed by atoms with Crippen molar-refractivity contribution in [1.82, 2.24) is 24.8 Å². The Bertz CT molecular complexity index is 1380. The van der Waals surface area contributed by atoms with Crippen molar-refractivity contribution in [3.63, 3.8) is 0 Å². The van der Waals surface area contributed by atoms with Crippen LogP contribution in [0.4, 0.5) is 5.69 Å². The number of fused-ring (bicyclic) bond motifs is 1. The Labute approximate surface area is 228 Å². The van der Waals surface area contributed by atoms with Gasteiger partial charge in [-0.3, -0.25) is 9.69 Å². The molecule has 3 aromatic rings. The average molecular weight is 533 g/mol. The number of carbonyl (C=O) groups excluding carboxylic acids is 1. The summed E-state index contributed by atoms with van der Waals surface area (Å²) in [7, 11) is 1.73. The fraction of sp³-hybridized carbons (Fsp3) is 0.552. The zero-order valence-electron chi connectivity index (χ0n) is 22.6. The quantitative estimate of drug-likeness (QED) is 0.474. The van der Waals surface area contributed by atoms with Gasteiger partial charge in [0.05, 0.1) is 49.6 Å². The summed E-state index contributed by atoms with van der Waals surface area (Å²) in [6, 6.07) is 9.39. The second kappa shape index (κ2) is 9.98. The third-order valence-corrected chi connectivity index (χ3v) is 8.70. The first-order valence-corrected chi connectivity index (χ1v) is 14.1. The number of imidazole rings is 1. The van der Waals surface area contributed by atoms with E-state index in [9.17, 15) is 4.79 Å². The van der Waals surface area contributed by atoms with Crippen LogP contribution in [0.5, 0.6) is 11.6 Å². The molecule has 0 bridgehead atoms. The van der Waals surface area contributed by atoms with Gasteiger partial charge in [0.2, 0.25) is 11.8 Å². The fourth-order valence-corrected chi connectivity index (χ4v) is 5.98. The lowest BCUT2D eigenvalue weighted by atomic mass is 10.0. The second-order valence-electron chi connectivity index (χ2n) is 11.3. The van der Waals surface area contributed by atoms with Crippen LogP contribution in [0, 0.1) is 5.92 Å². The van der Waals surface area contributed by atoms with Crippen LogP contribution in [0.2, 0.25) is 0 Å². The molecule has 7 rings (SSSR count). The number of methoxy groups -OCH3 is 1. The number of piperazine rings is 1. The Kier molecular flexibility index (Phi) is 6.31. The molecule has 3 saturated heterocycles. The first-order valence-electron chi connectivity index (χ1n) is 14.1. The van der Waals surface area contributed by atoms with Gasteiger partial charge >= 0.3 is 0 Å². The maximum Gasteiger partial charge on any atom is 0.241 e. The molecule has 5 heterocycles. The summed E-state index contributed by atoms with van der Waals surface area (Å²) < 4.78 is 20.0. The average Bonchev–Trinajstić information content (AvgIpc) is 3.52. The third-order valence-electron chi connectivity index (χ3n) is 8.70. The molecule has 4 aliphatic rings. The molecule has 39 heavy (non-hydrogen) atoms. The van der Waals surface area contributed by atoms with Crippen molar-refractivity contribution in [2.45, 2.75) is 44.4 Å². The lowest BCUT2D eigenvalue weighted by Gasteiger charge is -2.43. The number of carbonyl (C=O) groups is 1. The van der Waals surface area contributed by atoms with Crippen LogP contribution in [-0.4, -0.2) is 90.5 Å². The minimum Gasteiger partial charge on any atom is -0.495 e. The fourth-order valence-electron chi connectivity index (χ4n) is 5.98. The van der Waals surface area contributed by atoms with E-state index in [-0.39, 0.29) is 17.9 Å². The Morgan fingerprint density at radius 2 is 1.92 bits per heavy atom. The third kappa shape index (κ3) is 4.69. The van der Waals surface area contributed by atoms with E-state index in [4.69, 9.17) is 24.2 Å². The van der Waals surface area contributed by atoms with Gasteiger partial charge in [0, 0.05) is 56.7 Å². The van der Waals surface area contributed by atoms with Crippen LogP contribution in [0.15, 0.2) is 30.6 Å². The maximum atomic E-state index is 11.8. The maximum absolute atomic E-state index is 11.8. The van der Waals surface area contributed by atoms with E-state index in [2.05, 4.69) is 37.9 Å². The van der Waals surface area contributed by atoms with Crippen LogP contribution in [-0.2, 0) is 9.53 Å². The molecule has 0 radical (unpaired) electrons. The van der Waals surface area contributed by atoms with Gasteiger partial charge in [-0.1, -0.05) is 6.07 Å². The number of amides is 1. The number of pyridine rings is 1. The summed E-state index contributed by atoms with van der Waals surface area (Å²) in [5.74, 6) is 1.62. The molecule has 4 fully saturated rings. The molecule has 206 valence electrons. The van der Waals surface area contributed by atoms with Crippen LogP contribution in [0.25, 0.3) is 22.3 Å². The van der Waals surface area contributed by atoms with Crippen molar-refractivity contribution in [3.05, 3.63) is 30.6 Å². The predicted octanol–water partition coefficient (Wildman–Crippen LogP) is 2.87. The molecule has 10 heteroatoms. The minimum absolute atomic E-state index is 0.0796. The number of hydrogen-bond donors (Lipinski definition) is 1. The summed E-state index contributed by atoms with van der Waals surface area (Å²) in [6.07, 6.45) is 4.52. The van der Waals surface area contributed by atoms with Crippen molar-refractivity contribution in [3.8, 4) is 22.9 Å². The zero-order valence-corrected chi connectivity index (χ0v) is 22.6. The molecule has 1 aliphatic carbocycles. The van der Waals surface area contributed by atoms with E-state index in [1.54, 1.807) is 7.11 Å². The van der Waals surface area contributed by atoms with Gasteiger partial charge in [-0.25, -0.2) is 9.97 Å². The number of benzene rings is 1. The highest BCUT2D eigenvalue weighted by Crippen LogP contribution is 2.41. The van der Waals surface area contributed by atoms with Crippen LogP contribution < -0.4 is 19.7 Å². The van der Waals surface area contributed by atoms with Crippen molar-refractivity contribution in [2.75, 3.05) is 57.9 Å². The van der Waals surface area contributed by atoms with E-state index in [1.807, 2.05) is 19.3 Å². The van der Waals surface area contributed by atoms with Gasteiger partial charge < -0.3 is 29.0 Å². The van der Waals surface area contributed by atoms with E-state index < -0.39 is 0 Å². The molecule has 0 spiro atoms. The first kappa shape index (κ1) is 24.7. The molecule has 1 unspecified atom stereocenters. The molecule has 1 aromatic carbocycles. The number of rotatable bonds is 8. The van der Waals surface area contributed by atoms with Crippen LogP contribution in [0.3, 0.4) is 0 Å². The molecule has 10 nitrogen and oxygen atoms in total. The number of ether oxygens (including phenoxy) is 3. The summed E-state index contributed by atoms with van der Waals surface area (Å²) in [4.78, 5) is 26.5. The number of nitrogens with zero attached hydrogens (tertiary/aromatic N) is 5. The van der Waals surface area contributed by atoms with E-state index in [0.717, 1.165) is 86.0 Å². The van der Waals surface area contributed by atoms with Crippen LogP contribution in [0.1, 0.15) is 32.2 Å². The van der Waals surface area contributed by atoms with Gasteiger partial charge in [0.15, 0.2) is 0 Å². The Balaban J connectivity index is 1.18. The largest absolute Gasteiger partial charge is 0.495 e. The Morgan fingerprint density at radius 1 is 1.10 bits per heavy atom. The van der Waals surface area contributed by atoms with Gasteiger partial charge in [0.1, 0.15) is 17.4 Å². The van der Waals surface area contributed by atoms with Crippen molar-refractivity contribution in [2.24, 2.45) is 5.92 Å². The summed E-state index contributed by atoms with van der Waals surface area (Å²) in [5, 5.41) is 2.92. The van der Waals surface area contributed by atoms with E-state index >= 15 is 0 Å². The van der Waals surface area contributed by atoms with Gasteiger partial charge in [-0.2, -0.15) is 0 Å². The molecular formula is C29H36N6O4. The predicted molar refractivity (Wildman–Crippen MR) is 147 cm³/mol. The number of anilines is 1. The standard InChI is InChI=1S/C29H36N6O4/c1-18(20-12-27(36)30-14-20)39-29-28-24(31-17-35(28)21-4-5-21)13-23(32-29)19-3-6-25(26(11-19)37-2)34-9-7-33(8-10-34)22-15-38-16-22/h3,6,11,13,17-18,20-22H,4-5,7-10,12,14-16H2,1-2H3,(H,30,36)/t18-,20?/m1/s1.